The third-order valence-electron chi connectivity index (χ3n) is 5.06. The van der Waals surface area contributed by atoms with Crippen molar-refractivity contribution in [2.24, 2.45) is 0 Å². The fraction of sp³-hybridized carbons (Fsp3) is 0.538. The summed E-state index contributed by atoms with van der Waals surface area (Å²) in [5.41, 5.74) is 6.23. The van der Waals surface area contributed by atoms with Crippen LogP contribution in [0.3, 0.4) is 0 Å². The zero-order valence-corrected chi connectivity index (χ0v) is 22.2. The van der Waals surface area contributed by atoms with Gasteiger partial charge in [-0.1, -0.05) is 0 Å². The van der Waals surface area contributed by atoms with Crippen molar-refractivity contribution in [1.82, 2.24) is 9.80 Å². The molecule has 2 aromatic carbocycles. The van der Waals surface area contributed by atoms with Gasteiger partial charge in [0, 0.05) is 0 Å². The zero-order chi connectivity index (χ0) is 22.0. The van der Waals surface area contributed by atoms with E-state index in [1.807, 2.05) is 0 Å². The van der Waals surface area contributed by atoms with Crippen molar-refractivity contribution < 1.29 is 18.6 Å². The van der Waals surface area contributed by atoms with Crippen molar-refractivity contribution in [2.75, 3.05) is 28.2 Å². The molecule has 2 aromatic rings. The molecule has 0 spiro atoms. The first kappa shape index (κ1) is 24.3. The normalized spacial score (nSPS) is 12.8. The third-order valence-corrected chi connectivity index (χ3v) is 8.01. The summed E-state index contributed by atoms with van der Waals surface area (Å²) < 4.78 is 3.17. The Labute approximate surface area is 188 Å². The van der Waals surface area contributed by atoms with E-state index in [1.54, 1.807) is 7.91 Å². The van der Waals surface area contributed by atoms with Gasteiger partial charge in [0.25, 0.3) is 0 Å². The van der Waals surface area contributed by atoms with Crippen molar-refractivity contribution in [1.29, 1.82) is 0 Å². The average Bonchev–Trinajstić information content (AvgIpc) is 2.55. The number of hydrogen-bond donors (Lipinski definition) is 0. The summed E-state index contributed by atoms with van der Waals surface area (Å²) in [5, 5.41) is 0. The summed E-state index contributed by atoms with van der Waals surface area (Å²) >= 11 is -0.489. The van der Waals surface area contributed by atoms with Crippen molar-refractivity contribution in [2.45, 2.75) is 65.5 Å². The monoisotopic (exact) mass is 478 g/mol. The molecule has 0 saturated carbocycles. The van der Waals surface area contributed by atoms with Gasteiger partial charge >= 0.3 is 189 Å². The van der Waals surface area contributed by atoms with Gasteiger partial charge in [0.2, 0.25) is 0 Å². The molecule has 0 aliphatic rings. The van der Waals surface area contributed by atoms with E-state index >= 15 is 0 Å². The van der Waals surface area contributed by atoms with Crippen LogP contribution in [0.1, 0.15) is 63.8 Å². The molecule has 2 rings (SSSR count). The van der Waals surface area contributed by atoms with E-state index in [1.165, 1.54) is 22.3 Å². The molecule has 0 saturated heterocycles. The Kier molecular flexibility index (Phi) is 7.93. The molecule has 0 N–H and O–H groups in total. The SMILES string of the molecule is CN(C)Cc1ccc(C(C)(C)C)c[c]1[Mo][c]1cc(C(C)(C)C)ccc1CN(C)C. The molecule has 0 bridgehead atoms. The quantitative estimate of drug-likeness (QED) is 0.569. The number of rotatable bonds is 6. The first-order valence-electron chi connectivity index (χ1n) is 10.5. The standard InChI is InChI=1S/2C13H20N.Mo/c2*1-13(2,3)12-8-6-11(7-9-12)10-14(4)5;/h2*6,8-9H,10H2,1-5H3;. The van der Waals surface area contributed by atoms with Gasteiger partial charge in [-0.25, -0.2) is 0 Å². The molecule has 0 aliphatic carbocycles. The van der Waals surface area contributed by atoms with Gasteiger partial charge in [0.1, 0.15) is 0 Å². The molecule has 0 atom stereocenters. The van der Waals surface area contributed by atoms with E-state index in [0.29, 0.717) is 0 Å². The van der Waals surface area contributed by atoms with E-state index in [0.717, 1.165) is 13.1 Å². The van der Waals surface area contributed by atoms with Crippen LogP contribution in [0.25, 0.3) is 0 Å². The number of benzene rings is 2. The van der Waals surface area contributed by atoms with E-state index in [4.69, 9.17) is 0 Å². The predicted molar refractivity (Wildman–Crippen MR) is 124 cm³/mol. The van der Waals surface area contributed by atoms with E-state index < -0.39 is 18.6 Å². The van der Waals surface area contributed by atoms with Crippen LogP contribution in [0.15, 0.2) is 36.4 Å². The Bertz CT molecular complexity index is 754. The Hall–Kier alpha value is -0.952. The maximum absolute atomic E-state index is 2.50. The van der Waals surface area contributed by atoms with E-state index in [-0.39, 0.29) is 10.8 Å². The van der Waals surface area contributed by atoms with Crippen molar-refractivity contribution >= 4 is 7.91 Å². The molecular formula is C26H40MoN2. The molecule has 160 valence electrons. The average molecular weight is 477 g/mol. The van der Waals surface area contributed by atoms with E-state index in [2.05, 4.69) is 116 Å². The summed E-state index contributed by atoms with van der Waals surface area (Å²) in [5.74, 6) is 0. The van der Waals surface area contributed by atoms with Gasteiger partial charge in [0.05, 0.1) is 0 Å². The number of nitrogens with zero attached hydrogens (tertiary/aromatic N) is 2. The van der Waals surface area contributed by atoms with Gasteiger partial charge in [0.15, 0.2) is 0 Å². The van der Waals surface area contributed by atoms with Crippen LogP contribution < -0.4 is 7.91 Å². The second-order valence-corrected chi connectivity index (χ2v) is 13.4. The topological polar surface area (TPSA) is 6.48 Å². The predicted octanol–water partition coefficient (Wildman–Crippen LogP) is 4.44. The van der Waals surface area contributed by atoms with Crippen LogP contribution in [0.4, 0.5) is 0 Å². The number of hydrogen-bond acceptors (Lipinski definition) is 2. The molecular weight excluding hydrogens is 436 g/mol. The fourth-order valence-corrected chi connectivity index (χ4v) is 6.09. The van der Waals surface area contributed by atoms with Crippen molar-refractivity contribution in [3.05, 3.63) is 58.7 Å². The minimum atomic E-state index is -0.489. The van der Waals surface area contributed by atoms with Crippen LogP contribution >= 0.6 is 0 Å². The summed E-state index contributed by atoms with van der Waals surface area (Å²) in [6.45, 7) is 15.9. The van der Waals surface area contributed by atoms with Crippen molar-refractivity contribution in [3.63, 3.8) is 0 Å². The van der Waals surface area contributed by atoms with Crippen LogP contribution in [0.2, 0.25) is 0 Å². The second kappa shape index (κ2) is 9.46. The second-order valence-electron chi connectivity index (χ2n) is 10.7. The maximum atomic E-state index is 2.50. The summed E-state index contributed by atoms with van der Waals surface area (Å²) in [4.78, 5) is 4.57. The molecule has 29 heavy (non-hydrogen) atoms. The Balaban J connectivity index is 2.57. The Morgan fingerprint density at radius 3 is 1.24 bits per heavy atom. The van der Waals surface area contributed by atoms with Crippen LogP contribution in [0.5, 0.6) is 0 Å². The molecule has 0 heterocycles. The summed E-state index contributed by atoms with van der Waals surface area (Å²) in [7, 11) is 8.67. The molecule has 0 fully saturated rings. The zero-order valence-electron chi connectivity index (χ0n) is 20.2. The van der Waals surface area contributed by atoms with Gasteiger partial charge in [-0.2, -0.15) is 0 Å². The van der Waals surface area contributed by atoms with Gasteiger partial charge in [-0.05, 0) is 0 Å². The first-order valence-corrected chi connectivity index (χ1v) is 12.5. The first-order chi connectivity index (χ1) is 13.3. The van der Waals surface area contributed by atoms with Gasteiger partial charge in [-0.3, -0.25) is 0 Å². The third kappa shape index (κ3) is 7.05. The van der Waals surface area contributed by atoms with Gasteiger partial charge < -0.3 is 0 Å². The van der Waals surface area contributed by atoms with Gasteiger partial charge in [-0.15, -0.1) is 0 Å². The molecule has 0 radical (unpaired) electrons. The Morgan fingerprint density at radius 2 is 0.966 bits per heavy atom. The Morgan fingerprint density at radius 1 is 0.621 bits per heavy atom. The molecule has 2 nitrogen and oxygen atoms in total. The van der Waals surface area contributed by atoms with Crippen molar-refractivity contribution in [3.8, 4) is 0 Å². The van der Waals surface area contributed by atoms with Crippen LogP contribution in [0, 0.1) is 0 Å². The molecule has 0 unspecified atom stereocenters. The van der Waals surface area contributed by atoms with Crippen LogP contribution in [-0.4, -0.2) is 38.0 Å². The molecule has 3 heteroatoms. The summed E-state index contributed by atoms with van der Waals surface area (Å²) in [6.07, 6.45) is 0. The van der Waals surface area contributed by atoms with E-state index in [9.17, 15) is 0 Å². The fourth-order valence-electron chi connectivity index (χ4n) is 3.29. The summed E-state index contributed by atoms with van der Waals surface area (Å²) in [6, 6.07) is 14.4. The van der Waals surface area contributed by atoms with Crippen LogP contribution in [-0.2, 0) is 42.5 Å². The molecule has 0 amide bonds. The molecule has 0 aliphatic heterocycles. The minimum absolute atomic E-state index is 0.179. The molecule has 0 aromatic heterocycles.